The molecule has 0 bridgehead atoms. The summed E-state index contributed by atoms with van der Waals surface area (Å²) in [6.07, 6.45) is 1.81. The van der Waals surface area contributed by atoms with Crippen molar-refractivity contribution in [2.45, 2.75) is 0 Å². The Labute approximate surface area is 138 Å². The molecule has 0 spiro atoms. The predicted molar refractivity (Wildman–Crippen MR) is 97.8 cm³/mol. The zero-order valence-corrected chi connectivity index (χ0v) is 12.8. The molecular weight excluding hydrogens is 294 g/mol. The van der Waals surface area contributed by atoms with Crippen molar-refractivity contribution in [1.29, 1.82) is 0 Å². The van der Waals surface area contributed by atoms with Gasteiger partial charge in [0.25, 0.3) is 0 Å². The lowest BCUT2D eigenvalue weighted by atomic mass is 10.1. The van der Waals surface area contributed by atoms with Gasteiger partial charge in [-0.3, -0.25) is 4.98 Å². The van der Waals surface area contributed by atoms with E-state index < -0.39 is 0 Å². The summed E-state index contributed by atoms with van der Waals surface area (Å²) < 4.78 is 0. The molecule has 0 saturated carbocycles. The molecule has 3 nitrogen and oxygen atoms in total. The van der Waals surface area contributed by atoms with E-state index in [-0.39, 0.29) is 0 Å². The van der Waals surface area contributed by atoms with Crippen molar-refractivity contribution in [2.75, 3.05) is 0 Å². The SMILES string of the molecule is c1ccc2nc(-c3ccc4ccc5cccnc5c4n3)ccc2c1. The van der Waals surface area contributed by atoms with Gasteiger partial charge in [-0.1, -0.05) is 48.5 Å². The number of para-hydroxylation sites is 1. The van der Waals surface area contributed by atoms with Gasteiger partial charge in [0.2, 0.25) is 0 Å². The highest BCUT2D eigenvalue weighted by Gasteiger charge is 2.07. The molecule has 3 heteroatoms. The van der Waals surface area contributed by atoms with Crippen LogP contribution in [0.4, 0.5) is 0 Å². The Morgan fingerprint density at radius 3 is 2.08 bits per heavy atom. The summed E-state index contributed by atoms with van der Waals surface area (Å²) in [4.78, 5) is 14.1. The van der Waals surface area contributed by atoms with Crippen molar-refractivity contribution in [3.63, 3.8) is 0 Å². The third-order valence-electron chi connectivity index (χ3n) is 4.29. The predicted octanol–water partition coefficient (Wildman–Crippen LogP) is 5.00. The first-order valence-corrected chi connectivity index (χ1v) is 7.89. The normalized spacial score (nSPS) is 11.3. The minimum Gasteiger partial charge on any atom is -0.254 e. The topological polar surface area (TPSA) is 38.7 Å². The Bertz CT molecular complexity index is 1210. The Balaban J connectivity index is 1.77. The molecule has 0 aliphatic heterocycles. The van der Waals surface area contributed by atoms with E-state index in [0.29, 0.717) is 0 Å². The van der Waals surface area contributed by atoms with E-state index in [9.17, 15) is 0 Å². The Morgan fingerprint density at radius 2 is 1.17 bits per heavy atom. The third-order valence-corrected chi connectivity index (χ3v) is 4.29. The molecule has 0 aliphatic rings. The quantitative estimate of drug-likeness (QED) is 0.409. The summed E-state index contributed by atoms with van der Waals surface area (Å²) in [5.41, 5.74) is 4.57. The fourth-order valence-electron chi connectivity index (χ4n) is 3.08. The molecule has 0 fully saturated rings. The molecule has 0 radical (unpaired) electrons. The maximum Gasteiger partial charge on any atom is 0.0972 e. The molecule has 5 aromatic rings. The van der Waals surface area contributed by atoms with Gasteiger partial charge in [-0.05, 0) is 24.3 Å². The summed E-state index contributed by atoms with van der Waals surface area (Å²) in [6, 6.07) is 24.5. The number of benzene rings is 2. The van der Waals surface area contributed by atoms with Crippen LogP contribution in [0.15, 0.2) is 79.0 Å². The van der Waals surface area contributed by atoms with Crippen LogP contribution >= 0.6 is 0 Å². The van der Waals surface area contributed by atoms with Crippen LogP contribution in [-0.4, -0.2) is 15.0 Å². The molecule has 112 valence electrons. The summed E-state index contributed by atoms with van der Waals surface area (Å²) >= 11 is 0. The Kier molecular flexibility index (Phi) is 2.79. The van der Waals surface area contributed by atoms with Crippen LogP contribution in [0.2, 0.25) is 0 Å². The number of rotatable bonds is 1. The van der Waals surface area contributed by atoms with Crippen molar-refractivity contribution in [3.8, 4) is 11.4 Å². The molecule has 2 aromatic carbocycles. The van der Waals surface area contributed by atoms with Gasteiger partial charge >= 0.3 is 0 Å². The molecule has 5 rings (SSSR count). The molecule has 0 unspecified atom stereocenters. The second-order valence-corrected chi connectivity index (χ2v) is 5.80. The summed E-state index contributed by atoms with van der Waals surface area (Å²) in [5, 5.41) is 3.32. The van der Waals surface area contributed by atoms with Gasteiger partial charge in [-0.25, -0.2) is 9.97 Å². The van der Waals surface area contributed by atoms with Crippen LogP contribution < -0.4 is 0 Å². The second kappa shape index (κ2) is 5.10. The van der Waals surface area contributed by atoms with Crippen molar-refractivity contribution >= 4 is 32.7 Å². The molecule has 0 atom stereocenters. The van der Waals surface area contributed by atoms with Crippen LogP contribution in [0.5, 0.6) is 0 Å². The fraction of sp³-hybridized carbons (Fsp3) is 0. The van der Waals surface area contributed by atoms with E-state index in [4.69, 9.17) is 9.97 Å². The maximum absolute atomic E-state index is 4.86. The van der Waals surface area contributed by atoms with Crippen LogP contribution in [-0.2, 0) is 0 Å². The van der Waals surface area contributed by atoms with E-state index in [1.165, 1.54) is 0 Å². The molecule has 0 N–H and O–H groups in total. The highest BCUT2D eigenvalue weighted by molar-refractivity contribution is 6.03. The number of nitrogens with zero attached hydrogens (tertiary/aromatic N) is 3. The number of fused-ring (bicyclic) bond motifs is 4. The Hall–Kier alpha value is -3.33. The number of hydrogen-bond donors (Lipinski definition) is 0. The first-order chi connectivity index (χ1) is 11.9. The minimum atomic E-state index is 0.867. The molecule has 0 amide bonds. The Morgan fingerprint density at radius 1 is 0.500 bits per heavy atom. The number of hydrogen-bond acceptors (Lipinski definition) is 3. The lowest BCUT2D eigenvalue weighted by Crippen LogP contribution is -1.91. The van der Waals surface area contributed by atoms with Crippen LogP contribution in [0.25, 0.3) is 44.1 Å². The molecular formula is C21H13N3. The first-order valence-electron chi connectivity index (χ1n) is 7.89. The smallest absolute Gasteiger partial charge is 0.0972 e. The zero-order chi connectivity index (χ0) is 15.9. The van der Waals surface area contributed by atoms with E-state index in [2.05, 4.69) is 41.4 Å². The highest BCUT2D eigenvalue weighted by atomic mass is 14.8. The van der Waals surface area contributed by atoms with Crippen molar-refractivity contribution in [2.24, 2.45) is 0 Å². The molecule has 3 aromatic heterocycles. The highest BCUT2D eigenvalue weighted by Crippen LogP contribution is 2.26. The second-order valence-electron chi connectivity index (χ2n) is 5.80. The van der Waals surface area contributed by atoms with Crippen molar-refractivity contribution < 1.29 is 0 Å². The van der Waals surface area contributed by atoms with E-state index in [0.717, 1.165) is 44.1 Å². The summed E-state index contributed by atoms with van der Waals surface area (Å²) in [5.74, 6) is 0. The van der Waals surface area contributed by atoms with Gasteiger partial charge in [0.15, 0.2) is 0 Å². The maximum atomic E-state index is 4.86. The number of pyridine rings is 3. The number of aromatic nitrogens is 3. The van der Waals surface area contributed by atoms with Crippen molar-refractivity contribution in [1.82, 2.24) is 15.0 Å². The average molecular weight is 307 g/mol. The molecule has 24 heavy (non-hydrogen) atoms. The summed E-state index contributed by atoms with van der Waals surface area (Å²) in [7, 11) is 0. The van der Waals surface area contributed by atoms with Gasteiger partial charge in [0.05, 0.1) is 27.9 Å². The lowest BCUT2D eigenvalue weighted by Gasteiger charge is -2.06. The molecule has 0 aliphatic carbocycles. The van der Waals surface area contributed by atoms with Crippen molar-refractivity contribution in [3.05, 3.63) is 79.0 Å². The van der Waals surface area contributed by atoms with E-state index >= 15 is 0 Å². The molecule has 3 heterocycles. The van der Waals surface area contributed by atoms with Gasteiger partial charge in [-0.15, -0.1) is 0 Å². The fourth-order valence-corrected chi connectivity index (χ4v) is 3.08. The van der Waals surface area contributed by atoms with Crippen LogP contribution in [0, 0.1) is 0 Å². The average Bonchev–Trinajstić information content (AvgIpc) is 2.67. The minimum absolute atomic E-state index is 0.867. The largest absolute Gasteiger partial charge is 0.254 e. The first kappa shape index (κ1) is 13.1. The van der Waals surface area contributed by atoms with Gasteiger partial charge in [0.1, 0.15) is 0 Å². The zero-order valence-electron chi connectivity index (χ0n) is 12.8. The third kappa shape index (κ3) is 2.02. The van der Waals surface area contributed by atoms with Crippen LogP contribution in [0.1, 0.15) is 0 Å². The van der Waals surface area contributed by atoms with E-state index in [1.807, 2.05) is 42.6 Å². The van der Waals surface area contributed by atoms with Crippen LogP contribution in [0.3, 0.4) is 0 Å². The lowest BCUT2D eigenvalue weighted by molar-refractivity contribution is 1.31. The van der Waals surface area contributed by atoms with Gasteiger partial charge < -0.3 is 0 Å². The monoisotopic (exact) mass is 307 g/mol. The molecule has 0 saturated heterocycles. The van der Waals surface area contributed by atoms with Gasteiger partial charge in [0, 0.05) is 22.4 Å². The van der Waals surface area contributed by atoms with E-state index in [1.54, 1.807) is 0 Å². The summed E-state index contributed by atoms with van der Waals surface area (Å²) in [6.45, 7) is 0. The standard InChI is InChI=1S/C21H13N3/c1-2-6-17-14(4-1)9-11-18(23-17)19-12-10-16-8-7-15-5-3-13-22-20(15)21(16)24-19/h1-13H. The van der Waals surface area contributed by atoms with Gasteiger partial charge in [-0.2, -0.15) is 0 Å².